The van der Waals surface area contributed by atoms with E-state index in [0.717, 1.165) is 0 Å². The van der Waals surface area contributed by atoms with Gasteiger partial charge in [-0.1, -0.05) is 117 Å². The minimum atomic E-state index is 0.560. The topological polar surface area (TPSA) is 15.8 Å². The van der Waals surface area contributed by atoms with E-state index in [1.54, 1.807) is 0 Å². The van der Waals surface area contributed by atoms with E-state index in [1.165, 1.54) is 65.6 Å². The number of aromatic nitrogens is 1. The third-order valence-electron chi connectivity index (χ3n) is 7.21. The van der Waals surface area contributed by atoms with Crippen LogP contribution in [-0.2, 0) is 0 Å². The fourth-order valence-corrected chi connectivity index (χ4v) is 5.44. The second-order valence-electron chi connectivity index (χ2n) is 9.70. The zero-order chi connectivity index (χ0) is 23.9. The molecule has 0 aliphatic carbocycles. The van der Waals surface area contributed by atoms with Crippen molar-refractivity contribution >= 4 is 43.2 Å². The fourth-order valence-electron chi connectivity index (χ4n) is 5.44. The Morgan fingerprint density at radius 2 is 1.17 bits per heavy atom. The number of nitrogens with one attached hydrogen (secondary N) is 1. The molecular weight excluding hydrogens is 422 g/mol. The molecule has 7 rings (SSSR count). The van der Waals surface area contributed by atoms with Gasteiger partial charge in [0.1, 0.15) is 0 Å². The van der Waals surface area contributed by atoms with Crippen molar-refractivity contribution in [3.63, 3.8) is 0 Å². The second kappa shape index (κ2) is 8.60. The first kappa shape index (κ1) is 21.4. The Morgan fingerprint density at radius 3 is 1.89 bits per heavy atom. The summed E-state index contributed by atoms with van der Waals surface area (Å²) in [7, 11) is 0. The molecule has 0 bridgehead atoms. The fraction of sp³-hybridized carbons (Fsp3) is 0.118. The quantitative estimate of drug-likeness (QED) is 0.252. The maximum absolute atomic E-state index is 3.48. The van der Waals surface area contributed by atoms with E-state index in [1.807, 2.05) is 6.07 Å². The van der Waals surface area contributed by atoms with E-state index in [4.69, 9.17) is 0 Å². The number of hydrogen-bond acceptors (Lipinski definition) is 0. The van der Waals surface area contributed by atoms with Crippen molar-refractivity contribution in [2.75, 3.05) is 0 Å². The number of H-pyrrole nitrogens is 1. The van der Waals surface area contributed by atoms with Crippen molar-refractivity contribution < 1.29 is 0 Å². The average molecular weight is 452 g/mol. The summed E-state index contributed by atoms with van der Waals surface area (Å²) in [6.07, 6.45) is 0. The average Bonchev–Trinajstić information content (AvgIpc) is 3.24. The molecule has 0 saturated heterocycles. The van der Waals surface area contributed by atoms with Crippen molar-refractivity contribution in [2.45, 2.75) is 26.7 Å². The molecule has 35 heavy (non-hydrogen) atoms. The second-order valence-corrected chi connectivity index (χ2v) is 9.70. The predicted molar refractivity (Wildman–Crippen MR) is 153 cm³/mol. The molecule has 0 aliphatic rings. The van der Waals surface area contributed by atoms with Gasteiger partial charge in [0.05, 0.1) is 0 Å². The van der Waals surface area contributed by atoms with Crippen molar-refractivity contribution in [1.29, 1.82) is 0 Å². The highest BCUT2D eigenvalue weighted by atomic mass is 14.7. The summed E-state index contributed by atoms with van der Waals surface area (Å²) in [6, 6.07) is 39.0. The van der Waals surface area contributed by atoms with Gasteiger partial charge in [-0.25, -0.2) is 0 Å². The molecule has 1 N–H and O–H groups in total. The molecular formula is C34H29N. The van der Waals surface area contributed by atoms with Crippen LogP contribution in [0.1, 0.15) is 30.9 Å². The highest BCUT2D eigenvalue weighted by molar-refractivity contribution is 6.23. The number of hydrogen-bond donors (Lipinski definition) is 1. The Morgan fingerprint density at radius 1 is 0.543 bits per heavy atom. The van der Waals surface area contributed by atoms with E-state index in [9.17, 15) is 0 Å². The molecule has 1 heteroatoms. The molecule has 1 heterocycles. The number of fused-ring (bicyclic) bond motifs is 1. The summed E-state index contributed by atoms with van der Waals surface area (Å²) in [5.41, 5.74) is 6.45. The molecule has 0 unspecified atom stereocenters. The third kappa shape index (κ3) is 3.65. The zero-order valence-corrected chi connectivity index (χ0v) is 20.5. The van der Waals surface area contributed by atoms with Crippen molar-refractivity contribution in [1.82, 2.24) is 4.98 Å². The lowest BCUT2D eigenvalue weighted by molar-refractivity contribution is 0.877. The van der Waals surface area contributed by atoms with Crippen LogP contribution in [-0.4, -0.2) is 4.98 Å². The minimum absolute atomic E-state index is 0.560. The minimum Gasteiger partial charge on any atom is -0.354 e. The van der Waals surface area contributed by atoms with Gasteiger partial charge in [-0.3, -0.25) is 0 Å². The Bertz CT molecular complexity index is 1750. The van der Waals surface area contributed by atoms with Gasteiger partial charge in [-0.05, 0) is 67.9 Å². The van der Waals surface area contributed by atoms with Gasteiger partial charge >= 0.3 is 0 Å². The lowest BCUT2D eigenvalue weighted by atomic mass is 9.89. The number of rotatable bonds is 2. The predicted octanol–water partition coefficient (Wildman–Crippen LogP) is 9.85. The lowest BCUT2D eigenvalue weighted by Gasteiger charge is -2.15. The van der Waals surface area contributed by atoms with E-state index in [2.05, 4.69) is 129 Å². The molecule has 1 aromatic heterocycles. The third-order valence-corrected chi connectivity index (χ3v) is 7.21. The van der Waals surface area contributed by atoms with Crippen LogP contribution in [0.25, 0.3) is 54.5 Å². The molecule has 0 aliphatic heterocycles. The molecule has 0 amide bonds. The molecule has 0 saturated carbocycles. The molecule has 0 spiro atoms. The zero-order valence-electron chi connectivity index (χ0n) is 20.5. The van der Waals surface area contributed by atoms with E-state index in [0.29, 0.717) is 5.92 Å². The van der Waals surface area contributed by atoms with Crippen LogP contribution in [0.15, 0.2) is 109 Å². The van der Waals surface area contributed by atoms with Crippen molar-refractivity contribution in [2.24, 2.45) is 0 Å². The normalized spacial score (nSPS) is 11.5. The van der Waals surface area contributed by atoms with Crippen LogP contribution in [0.4, 0.5) is 0 Å². The highest BCUT2D eigenvalue weighted by Gasteiger charge is 2.12. The summed E-state index contributed by atoms with van der Waals surface area (Å²) >= 11 is 0. The van der Waals surface area contributed by atoms with Gasteiger partial charge in [-0.2, -0.15) is 0 Å². The monoisotopic (exact) mass is 451 g/mol. The molecule has 170 valence electrons. The summed E-state index contributed by atoms with van der Waals surface area (Å²) in [6.45, 7) is 6.71. The first-order valence-corrected chi connectivity index (χ1v) is 12.4. The first-order valence-electron chi connectivity index (χ1n) is 12.4. The first-order chi connectivity index (χ1) is 17.1. The van der Waals surface area contributed by atoms with Gasteiger partial charge in [0.25, 0.3) is 0 Å². The highest BCUT2D eigenvalue weighted by Crippen LogP contribution is 2.37. The number of para-hydroxylation sites is 1. The molecule has 0 atom stereocenters. The SMILES string of the molecule is CC(C)c1ccc2ccc3cccc4ccc1c2c34.Cc1c(-c2ccccc2)[nH]c2ccccc12. The van der Waals surface area contributed by atoms with Crippen LogP contribution in [0.3, 0.4) is 0 Å². The van der Waals surface area contributed by atoms with Crippen LogP contribution < -0.4 is 0 Å². The van der Waals surface area contributed by atoms with Gasteiger partial charge in [-0.15, -0.1) is 0 Å². The Labute approximate surface area is 206 Å². The van der Waals surface area contributed by atoms with Gasteiger partial charge in [0.15, 0.2) is 0 Å². The van der Waals surface area contributed by atoms with Gasteiger partial charge < -0.3 is 4.98 Å². The number of aromatic amines is 1. The summed E-state index contributed by atoms with van der Waals surface area (Å²) in [5.74, 6) is 0.560. The summed E-state index contributed by atoms with van der Waals surface area (Å²) in [5, 5.41) is 9.61. The van der Waals surface area contributed by atoms with Crippen LogP contribution in [0.2, 0.25) is 0 Å². The van der Waals surface area contributed by atoms with Crippen LogP contribution in [0, 0.1) is 6.92 Å². The van der Waals surface area contributed by atoms with E-state index < -0.39 is 0 Å². The summed E-state index contributed by atoms with van der Waals surface area (Å²) in [4.78, 5) is 3.48. The van der Waals surface area contributed by atoms with Crippen LogP contribution >= 0.6 is 0 Å². The van der Waals surface area contributed by atoms with Gasteiger partial charge in [0.2, 0.25) is 0 Å². The van der Waals surface area contributed by atoms with Crippen LogP contribution in [0.5, 0.6) is 0 Å². The molecule has 0 radical (unpaired) electrons. The maximum Gasteiger partial charge on any atom is 0.0494 e. The largest absolute Gasteiger partial charge is 0.354 e. The number of benzene rings is 6. The van der Waals surface area contributed by atoms with E-state index >= 15 is 0 Å². The van der Waals surface area contributed by atoms with Crippen molar-refractivity contribution in [3.05, 3.63) is 120 Å². The Kier molecular flexibility index (Phi) is 5.26. The molecule has 6 aromatic carbocycles. The van der Waals surface area contributed by atoms with Crippen molar-refractivity contribution in [3.8, 4) is 11.3 Å². The number of aryl methyl sites for hydroxylation is 1. The lowest BCUT2D eigenvalue weighted by Crippen LogP contribution is -1.91. The smallest absolute Gasteiger partial charge is 0.0494 e. The van der Waals surface area contributed by atoms with Gasteiger partial charge in [0, 0.05) is 16.6 Å². The Hall–Kier alpha value is -4.10. The Balaban J connectivity index is 0.000000133. The molecule has 1 nitrogen and oxygen atoms in total. The molecule has 7 aromatic rings. The maximum atomic E-state index is 3.48. The van der Waals surface area contributed by atoms with E-state index in [-0.39, 0.29) is 0 Å². The molecule has 0 fully saturated rings. The standard InChI is InChI=1S/C19H16.C15H13N/c1-12(2)16-10-8-15-7-6-13-4-3-5-14-9-11-17(16)19(15)18(13)14;1-11-13-9-5-6-10-14(13)16-15(11)12-7-3-2-4-8-12/h3-12H,1-2H3;2-10,16H,1H3. The summed E-state index contributed by atoms with van der Waals surface area (Å²) < 4.78 is 0.